The summed E-state index contributed by atoms with van der Waals surface area (Å²) in [6, 6.07) is 2.53. The van der Waals surface area contributed by atoms with Crippen LogP contribution in [0.2, 0.25) is 0 Å². The Kier molecular flexibility index (Phi) is 4.14. The summed E-state index contributed by atoms with van der Waals surface area (Å²) in [6.45, 7) is 11.6. The van der Waals surface area contributed by atoms with Crippen molar-refractivity contribution < 1.29 is 4.79 Å². The zero-order valence-corrected chi connectivity index (χ0v) is 15.6. The molecule has 0 N–H and O–H groups in total. The maximum Gasteiger partial charge on any atom is 0.137 e. The zero-order chi connectivity index (χ0) is 17.0. The third-order valence-corrected chi connectivity index (χ3v) is 8.35. The van der Waals surface area contributed by atoms with E-state index in [1.54, 1.807) is 0 Å². The van der Waals surface area contributed by atoms with Crippen molar-refractivity contribution in [2.45, 2.75) is 73.1 Å². The zero-order valence-electron chi connectivity index (χ0n) is 15.6. The molecule has 0 aliphatic heterocycles. The molecule has 0 bridgehead atoms. The lowest BCUT2D eigenvalue weighted by molar-refractivity contribution is -0.155. The highest BCUT2D eigenvalue weighted by Crippen LogP contribution is 2.65. The summed E-state index contributed by atoms with van der Waals surface area (Å²) in [5.41, 5.74) is 0.104. The highest BCUT2D eigenvalue weighted by Gasteiger charge is 2.62. The maximum atomic E-state index is 13.3. The van der Waals surface area contributed by atoms with Crippen LogP contribution in [0.1, 0.15) is 73.1 Å². The van der Waals surface area contributed by atoms with Gasteiger partial charge in [0.1, 0.15) is 5.78 Å². The molecule has 0 saturated heterocycles. The van der Waals surface area contributed by atoms with Crippen molar-refractivity contribution in [1.29, 1.82) is 5.26 Å². The van der Waals surface area contributed by atoms with Crippen molar-refractivity contribution in [2.24, 2.45) is 46.3 Å². The molecule has 0 heterocycles. The van der Waals surface area contributed by atoms with E-state index in [2.05, 4.69) is 40.7 Å². The molecule has 0 radical (unpaired) electrons. The van der Waals surface area contributed by atoms with Gasteiger partial charge in [0.2, 0.25) is 0 Å². The lowest BCUT2D eigenvalue weighted by Crippen LogP contribution is -2.56. The molecule has 23 heavy (non-hydrogen) atoms. The number of ketones is 1. The monoisotopic (exact) mass is 315 g/mol. The minimum absolute atomic E-state index is 0.0493. The van der Waals surface area contributed by atoms with Crippen LogP contribution in [0.15, 0.2) is 0 Å². The van der Waals surface area contributed by atoms with Crippen molar-refractivity contribution in [3.63, 3.8) is 0 Å². The van der Waals surface area contributed by atoms with Crippen LogP contribution in [-0.2, 0) is 4.79 Å². The molecule has 0 spiro atoms. The second-order valence-corrected chi connectivity index (χ2v) is 9.44. The van der Waals surface area contributed by atoms with Crippen molar-refractivity contribution in [3.8, 4) is 6.07 Å². The first-order valence-electron chi connectivity index (χ1n) is 9.72. The second kappa shape index (κ2) is 5.61. The van der Waals surface area contributed by atoms with E-state index in [0.29, 0.717) is 35.9 Å². The fourth-order valence-electron chi connectivity index (χ4n) is 7.12. The highest BCUT2D eigenvalue weighted by molar-refractivity contribution is 5.84. The van der Waals surface area contributed by atoms with Gasteiger partial charge >= 0.3 is 0 Å². The van der Waals surface area contributed by atoms with Crippen LogP contribution in [-0.4, -0.2) is 5.78 Å². The normalized spacial score (nSPS) is 49.6. The van der Waals surface area contributed by atoms with Gasteiger partial charge in [0.25, 0.3) is 0 Å². The average Bonchev–Trinajstić information content (AvgIpc) is 2.82. The van der Waals surface area contributed by atoms with Crippen LogP contribution in [0.5, 0.6) is 0 Å². The molecule has 3 aliphatic carbocycles. The molecule has 3 rings (SSSR count). The number of nitrogens with zero attached hydrogens (tertiary/aromatic N) is 1. The lowest BCUT2D eigenvalue weighted by Gasteiger charge is -2.58. The van der Waals surface area contributed by atoms with Gasteiger partial charge < -0.3 is 0 Å². The number of rotatable bonds is 2. The van der Waals surface area contributed by atoms with Crippen LogP contribution >= 0.6 is 0 Å². The van der Waals surface area contributed by atoms with Crippen LogP contribution in [0, 0.1) is 57.7 Å². The van der Waals surface area contributed by atoms with E-state index in [9.17, 15) is 10.1 Å². The smallest absolute Gasteiger partial charge is 0.137 e. The molecular formula is C21H33NO. The fraction of sp³-hybridized carbons (Fsp3) is 0.905. The van der Waals surface area contributed by atoms with Crippen LogP contribution in [0.3, 0.4) is 0 Å². The molecule has 3 saturated carbocycles. The molecule has 0 amide bonds. The molecular weight excluding hydrogens is 282 g/mol. The summed E-state index contributed by atoms with van der Waals surface area (Å²) >= 11 is 0. The van der Waals surface area contributed by atoms with Gasteiger partial charge in [0.15, 0.2) is 0 Å². The van der Waals surface area contributed by atoms with E-state index >= 15 is 0 Å². The van der Waals surface area contributed by atoms with Crippen molar-refractivity contribution in [1.82, 2.24) is 0 Å². The van der Waals surface area contributed by atoms with Crippen molar-refractivity contribution >= 4 is 5.78 Å². The quantitative estimate of drug-likeness (QED) is 0.700. The highest BCUT2D eigenvalue weighted by atomic mass is 16.1. The van der Waals surface area contributed by atoms with Gasteiger partial charge in [0, 0.05) is 12.3 Å². The Hall–Kier alpha value is -0.840. The molecule has 128 valence electrons. The lowest BCUT2D eigenvalue weighted by atomic mass is 9.45. The number of fused-ring (bicyclic) bond motifs is 3. The number of carbonyl (C=O) groups excluding carboxylic acids is 1. The average molecular weight is 316 g/mol. The van der Waals surface area contributed by atoms with Crippen LogP contribution in [0.4, 0.5) is 0 Å². The molecule has 3 aliphatic rings. The second-order valence-electron chi connectivity index (χ2n) is 9.44. The Morgan fingerprint density at radius 3 is 2.48 bits per heavy atom. The van der Waals surface area contributed by atoms with Gasteiger partial charge in [-0.3, -0.25) is 4.79 Å². The van der Waals surface area contributed by atoms with Crippen LogP contribution in [0.25, 0.3) is 0 Å². The van der Waals surface area contributed by atoms with Gasteiger partial charge in [-0.25, -0.2) is 0 Å². The van der Waals surface area contributed by atoms with Crippen molar-refractivity contribution in [3.05, 3.63) is 0 Å². The first kappa shape index (κ1) is 17.0. The standard InChI is InChI=1S/C21H33NO/c1-6-20(4)16(13(2)3)10-8-15-17-9-7-14(12-22)21(17,5)11-18(23)19(15)20/h13-17,19H,6-11H2,1-5H3. The molecule has 0 aromatic heterocycles. The minimum atomic E-state index is -0.0493. The predicted octanol–water partition coefficient (Wildman–Crippen LogP) is 5.23. The van der Waals surface area contributed by atoms with Gasteiger partial charge in [-0.2, -0.15) is 5.26 Å². The Morgan fingerprint density at radius 1 is 1.22 bits per heavy atom. The molecule has 2 nitrogen and oxygen atoms in total. The minimum Gasteiger partial charge on any atom is -0.299 e. The van der Waals surface area contributed by atoms with E-state index in [1.165, 1.54) is 12.8 Å². The Morgan fingerprint density at radius 2 is 1.91 bits per heavy atom. The third kappa shape index (κ3) is 2.22. The van der Waals surface area contributed by atoms with E-state index in [4.69, 9.17) is 0 Å². The molecule has 0 aromatic carbocycles. The van der Waals surface area contributed by atoms with E-state index in [0.717, 1.165) is 19.3 Å². The van der Waals surface area contributed by atoms with E-state index in [1.807, 2.05) is 0 Å². The number of hydrogen-bond donors (Lipinski definition) is 0. The molecule has 0 aromatic rings. The van der Waals surface area contributed by atoms with Crippen molar-refractivity contribution in [2.75, 3.05) is 0 Å². The number of Topliss-reactive ketones (excluding diaryl/α,β-unsaturated/α-hetero) is 1. The Labute approximate surface area is 142 Å². The number of nitriles is 1. The summed E-state index contributed by atoms with van der Waals surface area (Å²) in [5.74, 6) is 3.24. The van der Waals surface area contributed by atoms with Gasteiger partial charge in [-0.05, 0) is 66.6 Å². The summed E-state index contributed by atoms with van der Waals surface area (Å²) in [5, 5.41) is 9.55. The van der Waals surface area contributed by atoms with E-state index in [-0.39, 0.29) is 22.7 Å². The third-order valence-electron chi connectivity index (χ3n) is 8.35. The summed E-state index contributed by atoms with van der Waals surface area (Å²) < 4.78 is 0. The summed E-state index contributed by atoms with van der Waals surface area (Å²) in [6.07, 6.45) is 6.39. The fourth-order valence-corrected chi connectivity index (χ4v) is 7.12. The first-order valence-corrected chi connectivity index (χ1v) is 9.72. The summed E-state index contributed by atoms with van der Waals surface area (Å²) in [7, 11) is 0. The SMILES string of the molecule is CCC1(C)C(C(C)C)CCC2C3CCC(C#N)C3(C)CC(=O)C21. The number of carbonyl (C=O) groups is 1. The molecule has 7 atom stereocenters. The predicted molar refractivity (Wildman–Crippen MR) is 92.5 cm³/mol. The van der Waals surface area contributed by atoms with Gasteiger partial charge in [0.05, 0.1) is 12.0 Å². The Bertz CT molecular complexity index is 532. The molecule has 3 fully saturated rings. The number of hydrogen-bond acceptors (Lipinski definition) is 2. The molecule has 2 heteroatoms. The van der Waals surface area contributed by atoms with Gasteiger partial charge in [-0.15, -0.1) is 0 Å². The maximum absolute atomic E-state index is 13.3. The topological polar surface area (TPSA) is 40.9 Å². The summed E-state index contributed by atoms with van der Waals surface area (Å²) in [4.78, 5) is 13.3. The Balaban J connectivity index is 2.00. The van der Waals surface area contributed by atoms with Gasteiger partial charge in [-0.1, -0.05) is 34.6 Å². The largest absolute Gasteiger partial charge is 0.299 e. The first-order chi connectivity index (χ1) is 10.8. The van der Waals surface area contributed by atoms with Crippen LogP contribution < -0.4 is 0 Å². The molecule has 7 unspecified atom stereocenters. The van der Waals surface area contributed by atoms with E-state index < -0.39 is 0 Å².